The maximum atomic E-state index is 12.3. The molecule has 0 spiro atoms. The van der Waals surface area contributed by atoms with Gasteiger partial charge in [0, 0.05) is 24.6 Å². The highest BCUT2D eigenvalue weighted by atomic mass is 16.1. The third kappa shape index (κ3) is 3.54. The van der Waals surface area contributed by atoms with Crippen LogP contribution in [0.25, 0.3) is 0 Å². The topological polar surface area (TPSA) is 66.9 Å². The summed E-state index contributed by atoms with van der Waals surface area (Å²) < 4.78 is 0. The predicted molar refractivity (Wildman–Crippen MR) is 79.9 cm³/mol. The minimum atomic E-state index is -0.191. The standard InChI is InChI=1S/C15H18N4O/c1-3-6-17-13-9-11(2)4-5-12(13)15(20)19-14-10-16-7-8-18-14/h4-5,7-10,17H,3,6H2,1-2H3,(H,18,19,20). The predicted octanol–water partition coefficient (Wildman–Crippen LogP) is 2.86. The smallest absolute Gasteiger partial charge is 0.258 e. The SMILES string of the molecule is CCCNc1cc(C)ccc1C(=O)Nc1cnccn1. The molecule has 0 aliphatic heterocycles. The van der Waals surface area contributed by atoms with Gasteiger partial charge in [0.05, 0.1) is 11.8 Å². The first kappa shape index (κ1) is 14.0. The van der Waals surface area contributed by atoms with E-state index in [2.05, 4.69) is 27.5 Å². The maximum Gasteiger partial charge on any atom is 0.258 e. The summed E-state index contributed by atoms with van der Waals surface area (Å²) in [6.45, 7) is 4.92. The summed E-state index contributed by atoms with van der Waals surface area (Å²) in [4.78, 5) is 20.3. The van der Waals surface area contributed by atoms with Gasteiger partial charge in [-0.05, 0) is 31.0 Å². The number of nitrogens with zero attached hydrogens (tertiary/aromatic N) is 2. The van der Waals surface area contributed by atoms with Crippen LogP contribution in [0.5, 0.6) is 0 Å². The Hall–Kier alpha value is -2.43. The number of anilines is 2. The van der Waals surface area contributed by atoms with Crippen molar-refractivity contribution in [3.63, 3.8) is 0 Å². The summed E-state index contributed by atoms with van der Waals surface area (Å²) >= 11 is 0. The first-order valence-corrected chi connectivity index (χ1v) is 6.62. The van der Waals surface area contributed by atoms with Crippen LogP contribution in [0, 0.1) is 6.92 Å². The minimum absolute atomic E-state index is 0.191. The van der Waals surface area contributed by atoms with Crippen LogP contribution in [0.4, 0.5) is 11.5 Å². The van der Waals surface area contributed by atoms with Gasteiger partial charge in [-0.3, -0.25) is 9.78 Å². The second-order valence-electron chi connectivity index (χ2n) is 4.52. The summed E-state index contributed by atoms with van der Waals surface area (Å²) in [6, 6.07) is 5.71. The number of carbonyl (C=O) groups is 1. The van der Waals surface area contributed by atoms with Crippen LogP contribution in [0.1, 0.15) is 29.3 Å². The quantitative estimate of drug-likeness (QED) is 0.876. The highest BCUT2D eigenvalue weighted by Crippen LogP contribution is 2.19. The van der Waals surface area contributed by atoms with Crippen molar-refractivity contribution in [2.24, 2.45) is 0 Å². The fourth-order valence-corrected chi connectivity index (χ4v) is 1.81. The third-order valence-corrected chi connectivity index (χ3v) is 2.79. The van der Waals surface area contributed by atoms with Crippen LogP contribution in [-0.2, 0) is 0 Å². The molecule has 0 saturated carbocycles. The Morgan fingerprint density at radius 1 is 1.30 bits per heavy atom. The average molecular weight is 270 g/mol. The third-order valence-electron chi connectivity index (χ3n) is 2.79. The van der Waals surface area contributed by atoms with Gasteiger partial charge < -0.3 is 10.6 Å². The normalized spacial score (nSPS) is 10.1. The van der Waals surface area contributed by atoms with Crippen LogP contribution in [0.2, 0.25) is 0 Å². The lowest BCUT2D eigenvalue weighted by atomic mass is 10.1. The van der Waals surface area contributed by atoms with Crippen LogP contribution in [0.15, 0.2) is 36.8 Å². The van der Waals surface area contributed by atoms with E-state index in [-0.39, 0.29) is 5.91 Å². The second kappa shape index (κ2) is 6.65. The fourth-order valence-electron chi connectivity index (χ4n) is 1.81. The molecule has 0 bridgehead atoms. The summed E-state index contributed by atoms with van der Waals surface area (Å²) in [7, 11) is 0. The van der Waals surface area contributed by atoms with Gasteiger partial charge in [-0.2, -0.15) is 0 Å². The average Bonchev–Trinajstić information content (AvgIpc) is 2.46. The summed E-state index contributed by atoms with van der Waals surface area (Å²) in [5.41, 5.74) is 2.56. The molecule has 1 aromatic carbocycles. The molecule has 0 aliphatic carbocycles. The van der Waals surface area contributed by atoms with Crippen LogP contribution < -0.4 is 10.6 Å². The number of rotatable bonds is 5. The van der Waals surface area contributed by atoms with E-state index < -0.39 is 0 Å². The van der Waals surface area contributed by atoms with Crippen molar-refractivity contribution in [3.8, 4) is 0 Å². The Balaban J connectivity index is 2.20. The summed E-state index contributed by atoms with van der Waals surface area (Å²) in [5, 5.41) is 6.02. The number of hydrogen-bond acceptors (Lipinski definition) is 4. The van der Waals surface area contributed by atoms with E-state index in [1.807, 2.05) is 25.1 Å². The fraction of sp³-hybridized carbons (Fsp3) is 0.267. The van der Waals surface area contributed by atoms with Crippen molar-refractivity contribution in [1.29, 1.82) is 0 Å². The summed E-state index contributed by atoms with van der Waals surface area (Å²) in [6.07, 6.45) is 5.63. The molecule has 5 nitrogen and oxygen atoms in total. The van der Waals surface area contributed by atoms with Gasteiger partial charge in [-0.1, -0.05) is 13.0 Å². The Labute approximate surface area is 118 Å². The van der Waals surface area contributed by atoms with Gasteiger partial charge in [-0.15, -0.1) is 0 Å². The number of hydrogen-bond donors (Lipinski definition) is 2. The minimum Gasteiger partial charge on any atom is -0.384 e. The molecule has 20 heavy (non-hydrogen) atoms. The first-order valence-electron chi connectivity index (χ1n) is 6.62. The lowest BCUT2D eigenvalue weighted by Gasteiger charge is -2.12. The van der Waals surface area contributed by atoms with Crippen molar-refractivity contribution in [3.05, 3.63) is 47.9 Å². The number of aromatic nitrogens is 2. The van der Waals surface area contributed by atoms with E-state index in [1.165, 1.54) is 6.20 Å². The Kier molecular flexibility index (Phi) is 4.65. The molecular formula is C15H18N4O. The number of benzene rings is 1. The Morgan fingerprint density at radius 3 is 2.85 bits per heavy atom. The van der Waals surface area contributed by atoms with E-state index in [0.29, 0.717) is 11.4 Å². The lowest BCUT2D eigenvalue weighted by Crippen LogP contribution is -2.16. The number of nitrogens with one attached hydrogen (secondary N) is 2. The Bertz CT molecular complexity index is 584. The van der Waals surface area contributed by atoms with E-state index in [9.17, 15) is 4.79 Å². The zero-order valence-corrected chi connectivity index (χ0v) is 11.7. The van der Waals surface area contributed by atoms with E-state index in [1.54, 1.807) is 12.4 Å². The molecule has 0 radical (unpaired) electrons. The van der Waals surface area contributed by atoms with E-state index in [4.69, 9.17) is 0 Å². The Morgan fingerprint density at radius 2 is 2.15 bits per heavy atom. The van der Waals surface area contributed by atoms with Crippen molar-refractivity contribution in [1.82, 2.24) is 9.97 Å². The molecule has 0 saturated heterocycles. The van der Waals surface area contributed by atoms with Crippen molar-refractivity contribution in [2.45, 2.75) is 20.3 Å². The molecule has 104 valence electrons. The summed E-state index contributed by atoms with van der Waals surface area (Å²) in [5.74, 6) is 0.253. The highest BCUT2D eigenvalue weighted by molar-refractivity contribution is 6.07. The van der Waals surface area contributed by atoms with Crippen molar-refractivity contribution in [2.75, 3.05) is 17.2 Å². The van der Waals surface area contributed by atoms with Gasteiger partial charge in [0.15, 0.2) is 5.82 Å². The van der Waals surface area contributed by atoms with Gasteiger partial charge in [0.1, 0.15) is 0 Å². The molecule has 2 N–H and O–H groups in total. The zero-order chi connectivity index (χ0) is 14.4. The molecule has 0 atom stereocenters. The van der Waals surface area contributed by atoms with E-state index >= 15 is 0 Å². The molecule has 5 heteroatoms. The van der Waals surface area contributed by atoms with Crippen LogP contribution in [0.3, 0.4) is 0 Å². The molecule has 2 rings (SSSR count). The van der Waals surface area contributed by atoms with Crippen LogP contribution >= 0.6 is 0 Å². The van der Waals surface area contributed by atoms with Gasteiger partial charge >= 0.3 is 0 Å². The van der Waals surface area contributed by atoms with Gasteiger partial charge in [0.25, 0.3) is 5.91 Å². The molecule has 0 aliphatic rings. The molecule has 2 aromatic rings. The second-order valence-corrected chi connectivity index (χ2v) is 4.52. The van der Waals surface area contributed by atoms with Gasteiger partial charge in [-0.25, -0.2) is 4.98 Å². The molecular weight excluding hydrogens is 252 g/mol. The number of aryl methyl sites for hydroxylation is 1. The van der Waals surface area contributed by atoms with Crippen molar-refractivity contribution < 1.29 is 4.79 Å². The maximum absolute atomic E-state index is 12.3. The monoisotopic (exact) mass is 270 g/mol. The molecule has 1 amide bonds. The van der Waals surface area contributed by atoms with Crippen LogP contribution in [-0.4, -0.2) is 22.4 Å². The molecule has 0 unspecified atom stereocenters. The van der Waals surface area contributed by atoms with E-state index in [0.717, 1.165) is 24.2 Å². The molecule has 1 aromatic heterocycles. The zero-order valence-electron chi connectivity index (χ0n) is 11.7. The highest BCUT2D eigenvalue weighted by Gasteiger charge is 2.12. The van der Waals surface area contributed by atoms with Crippen molar-refractivity contribution >= 4 is 17.4 Å². The molecule has 0 fully saturated rings. The number of carbonyl (C=O) groups excluding carboxylic acids is 1. The first-order chi connectivity index (χ1) is 9.70. The van der Waals surface area contributed by atoms with Gasteiger partial charge in [0.2, 0.25) is 0 Å². The number of amides is 1. The lowest BCUT2D eigenvalue weighted by molar-refractivity contribution is 0.102. The molecule has 1 heterocycles. The largest absolute Gasteiger partial charge is 0.384 e.